The lowest BCUT2D eigenvalue weighted by atomic mass is 9.81. The fourth-order valence-electron chi connectivity index (χ4n) is 3.38. The summed E-state index contributed by atoms with van der Waals surface area (Å²) in [6.45, 7) is 9.84. The Kier molecular flexibility index (Phi) is 5.30. The first-order chi connectivity index (χ1) is 8.24. The molecule has 0 spiro atoms. The number of nitrogens with one attached hydrogen (secondary N) is 1. The first kappa shape index (κ1) is 13.4. The highest BCUT2D eigenvalue weighted by Crippen LogP contribution is 2.30. The van der Waals surface area contributed by atoms with E-state index in [2.05, 4.69) is 24.1 Å². The van der Waals surface area contributed by atoms with Crippen LogP contribution in [0.15, 0.2) is 0 Å². The minimum absolute atomic E-state index is 0.684. The minimum atomic E-state index is 0.684. The van der Waals surface area contributed by atoms with Crippen LogP contribution in [0.4, 0.5) is 0 Å². The van der Waals surface area contributed by atoms with Gasteiger partial charge in [0.05, 0.1) is 0 Å². The molecule has 1 heterocycles. The van der Waals surface area contributed by atoms with Crippen molar-refractivity contribution in [1.29, 1.82) is 0 Å². The van der Waals surface area contributed by atoms with Crippen molar-refractivity contribution in [1.82, 2.24) is 10.2 Å². The lowest BCUT2D eigenvalue weighted by Gasteiger charge is -2.29. The average molecular weight is 238 g/mol. The normalized spacial score (nSPS) is 36.7. The van der Waals surface area contributed by atoms with Crippen molar-refractivity contribution in [2.75, 3.05) is 26.2 Å². The molecule has 0 radical (unpaired) electrons. The summed E-state index contributed by atoms with van der Waals surface area (Å²) in [4.78, 5) is 2.68. The van der Waals surface area contributed by atoms with Crippen molar-refractivity contribution in [3.63, 3.8) is 0 Å². The number of hydrogen-bond donors (Lipinski definition) is 1. The summed E-state index contributed by atoms with van der Waals surface area (Å²) < 4.78 is 0. The van der Waals surface area contributed by atoms with E-state index in [1.54, 1.807) is 0 Å². The van der Waals surface area contributed by atoms with E-state index in [1.165, 1.54) is 64.7 Å². The van der Waals surface area contributed by atoms with E-state index < -0.39 is 0 Å². The Hall–Kier alpha value is -0.0800. The molecular formula is C15H30N2. The van der Waals surface area contributed by atoms with Crippen LogP contribution < -0.4 is 5.32 Å². The highest BCUT2D eigenvalue weighted by atomic mass is 15.2. The Balaban J connectivity index is 1.66. The van der Waals surface area contributed by atoms with Crippen LogP contribution in [-0.4, -0.2) is 37.1 Å². The maximum Gasteiger partial charge on any atom is 0.0166 e. The monoisotopic (exact) mass is 238 g/mol. The van der Waals surface area contributed by atoms with Gasteiger partial charge in [-0.15, -0.1) is 0 Å². The molecular weight excluding hydrogens is 208 g/mol. The highest BCUT2D eigenvalue weighted by Gasteiger charge is 2.20. The van der Waals surface area contributed by atoms with Crippen LogP contribution in [0.3, 0.4) is 0 Å². The predicted molar refractivity (Wildman–Crippen MR) is 74.3 cm³/mol. The van der Waals surface area contributed by atoms with Crippen molar-refractivity contribution in [3.05, 3.63) is 0 Å². The zero-order chi connectivity index (χ0) is 12.1. The minimum Gasteiger partial charge on any atom is -0.313 e. The summed E-state index contributed by atoms with van der Waals surface area (Å²) in [5, 5.41) is 3.58. The molecule has 1 aliphatic heterocycles. The molecule has 0 amide bonds. The Morgan fingerprint density at radius 1 is 1.12 bits per heavy atom. The van der Waals surface area contributed by atoms with E-state index in [9.17, 15) is 0 Å². The predicted octanol–water partition coefficient (Wildman–Crippen LogP) is 2.89. The lowest BCUT2D eigenvalue weighted by molar-refractivity contribution is 0.215. The average Bonchev–Trinajstić information content (AvgIpc) is 2.53. The van der Waals surface area contributed by atoms with Crippen LogP contribution in [0.2, 0.25) is 0 Å². The smallest absolute Gasteiger partial charge is 0.0166 e. The lowest BCUT2D eigenvalue weighted by Crippen LogP contribution is -2.36. The van der Waals surface area contributed by atoms with Crippen LogP contribution in [0.1, 0.15) is 52.4 Å². The first-order valence-corrected chi connectivity index (χ1v) is 7.70. The third-order valence-electron chi connectivity index (χ3n) is 4.66. The van der Waals surface area contributed by atoms with Crippen molar-refractivity contribution in [3.8, 4) is 0 Å². The molecule has 17 heavy (non-hydrogen) atoms. The van der Waals surface area contributed by atoms with Gasteiger partial charge in [-0.25, -0.2) is 0 Å². The van der Waals surface area contributed by atoms with Crippen LogP contribution in [0.25, 0.3) is 0 Å². The Morgan fingerprint density at radius 2 is 1.88 bits per heavy atom. The highest BCUT2D eigenvalue weighted by molar-refractivity contribution is 4.75. The van der Waals surface area contributed by atoms with Gasteiger partial charge in [0, 0.05) is 12.6 Å². The van der Waals surface area contributed by atoms with Gasteiger partial charge in [-0.05, 0) is 51.2 Å². The Labute approximate surface area is 107 Å². The molecule has 1 saturated heterocycles. The van der Waals surface area contributed by atoms with Crippen molar-refractivity contribution < 1.29 is 0 Å². The van der Waals surface area contributed by atoms with Crippen LogP contribution in [-0.2, 0) is 0 Å². The van der Waals surface area contributed by atoms with E-state index in [0.29, 0.717) is 6.04 Å². The molecule has 0 aromatic rings. The quantitative estimate of drug-likeness (QED) is 0.813. The van der Waals surface area contributed by atoms with E-state index in [-0.39, 0.29) is 0 Å². The van der Waals surface area contributed by atoms with Gasteiger partial charge >= 0.3 is 0 Å². The SMILES string of the molecule is CC1CCC(CCN2CCCNC(C)C2)CC1. The Morgan fingerprint density at radius 3 is 2.65 bits per heavy atom. The molecule has 1 saturated carbocycles. The standard InChI is InChI=1S/C15H30N2/c1-13-4-6-15(7-5-13)8-11-17-10-3-9-16-14(2)12-17/h13-16H,3-12H2,1-2H3. The summed E-state index contributed by atoms with van der Waals surface area (Å²) in [5.41, 5.74) is 0. The van der Waals surface area contributed by atoms with Crippen molar-refractivity contribution in [2.45, 2.75) is 58.4 Å². The third-order valence-corrected chi connectivity index (χ3v) is 4.66. The van der Waals surface area contributed by atoms with Crippen LogP contribution in [0.5, 0.6) is 0 Å². The largest absolute Gasteiger partial charge is 0.313 e. The topological polar surface area (TPSA) is 15.3 Å². The van der Waals surface area contributed by atoms with Gasteiger partial charge in [0.2, 0.25) is 0 Å². The van der Waals surface area contributed by atoms with E-state index in [4.69, 9.17) is 0 Å². The zero-order valence-electron chi connectivity index (χ0n) is 11.8. The molecule has 2 fully saturated rings. The summed E-state index contributed by atoms with van der Waals surface area (Å²) in [7, 11) is 0. The molecule has 2 aliphatic rings. The van der Waals surface area contributed by atoms with Gasteiger partial charge in [0.25, 0.3) is 0 Å². The van der Waals surface area contributed by atoms with Gasteiger partial charge in [0.1, 0.15) is 0 Å². The second-order valence-corrected chi connectivity index (χ2v) is 6.42. The Bertz CT molecular complexity index is 209. The second-order valence-electron chi connectivity index (χ2n) is 6.42. The maximum absolute atomic E-state index is 3.58. The molecule has 1 unspecified atom stereocenters. The maximum atomic E-state index is 3.58. The van der Waals surface area contributed by atoms with Crippen LogP contribution >= 0.6 is 0 Å². The summed E-state index contributed by atoms with van der Waals surface area (Å²) in [6, 6.07) is 0.684. The third kappa shape index (κ3) is 4.59. The summed E-state index contributed by atoms with van der Waals surface area (Å²) >= 11 is 0. The molecule has 100 valence electrons. The number of nitrogens with zero attached hydrogens (tertiary/aromatic N) is 1. The summed E-state index contributed by atoms with van der Waals surface area (Å²) in [6.07, 6.45) is 8.70. The zero-order valence-corrected chi connectivity index (χ0v) is 11.8. The number of rotatable bonds is 3. The second kappa shape index (κ2) is 6.75. The van der Waals surface area contributed by atoms with Gasteiger partial charge < -0.3 is 10.2 Å². The van der Waals surface area contributed by atoms with Gasteiger partial charge in [-0.2, -0.15) is 0 Å². The van der Waals surface area contributed by atoms with E-state index in [1.807, 2.05) is 0 Å². The van der Waals surface area contributed by atoms with Crippen LogP contribution in [0, 0.1) is 11.8 Å². The van der Waals surface area contributed by atoms with Gasteiger partial charge in [0.15, 0.2) is 0 Å². The molecule has 1 aliphatic carbocycles. The fourth-order valence-corrected chi connectivity index (χ4v) is 3.38. The first-order valence-electron chi connectivity index (χ1n) is 7.70. The van der Waals surface area contributed by atoms with Crippen molar-refractivity contribution >= 4 is 0 Å². The molecule has 2 heteroatoms. The van der Waals surface area contributed by atoms with Gasteiger partial charge in [-0.1, -0.05) is 32.6 Å². The molecule has 2 nitrogen and oxygen atoms in total. The molecule has 1 N–H and O–H groups in total. The van der Waals surface area contributed by atoms with E-state index >= 15 is 0 Å². The summed E-state index contributed by atoms with van der Waals surface area (Å²) in [5.74, 6) is 2.02. The molecule has 0 aromatic heterocycles. The number of hydrogen-bond acceptors (Lipinski definition) is 2. The van der Waals surface area contributed by atoms with E-state index in [0.717, 1.165) is 11.8 Å². The van der Waals surface area contributed by atoms with Crippen molar-refractivity contribution in [2.24, 2.45) is 11.8 Å². The molecule has 1 atom stereocenters. The molecule has 0 bridgehead atoms. The fraction of sp³-hybridized carbons (Fsp3) is 1.00. The van der Waals surface area contributed by atoms with Gasteiger partial charge in [-0.3, -0.25) is 0 Å². The molecule has 2 rings (SSSR count). The molecule has 0 aromatic carbocycles.